The fraction of sp³-hybridized carbons (Fsp3) is 0.286. The molecule has 0 saturated carbocycles. The number of ether oxygens (including phenoxy) is 2. The van der Waals surface area contributed by atoms with Crippen molar-refractivity contribution in [2.24, 2.45) is 5.41 Å². The van der Waals surface area contributed by atoms with Crippen molar-refractivity contribution in [3.63, 3.8) is 0 Å². The minimum atomic E-state index is -0.427. The summed E-state index contributed by atoms with van der Waals surface area (Å²) in [6, 6.07) is 15.7. The van der Waals surface area contributed by atoms with E-state index in [0.29, 0.717) is 17.9 Å². The van der Waals surface area contributed by atoms with Crippen LogP contribution in [0.1, 0.15) is 50.8 Å². The van der Waals surface area contributed by atoms with E-state index in [-0.39, 0.29) is 17.2 Å². The van der Waals surface area contributed by atoms with Crippen molar-refractivity contribution in [2.75, 3.05) is 12.4 Å². The molecule has 0 aromatic heterocycles. The summed E-state index contributed by atoms with van der Waals surface area (Å²) < 4.78 is 11.6. The van der Waals surface area contributed by atoms with Gasteiger partial charge >= 0.3 is 5.97 Å². The van der Waals surface area contributed by atoms with Gasteiger partial charge in [0.05, 0.1) is 13.2 Å². The van der Waals surface area contributed by atoms with Gasteiger partial charge in [0.2, 0.25) is 0 Å². The highest BCUT2D eigenvalue weighted by molar-refractivity contribution is 9.10. The number of rotatable bonds is 3. The smallest absolute Gasteiger partial charge is 0.308 e. The van der Waals surface area contributed by atoms with E-state index in [4.69, 9.17) is 9.47 Å². The summed E-state index contributed by atoms with van der Waals surface area (Å²) in [7, 11) is 1.54. The number of ketones is 1. The largest absolute Gasteiger partial charge is 0.493 e. The maximum absolute atomic E-state index is 13.6. The van der Waals surface area contributed by atoms with Crippen LogP contribution in [0.2, 0.25) is 0 Å². The molecule has 6 heteroatoms. The van der Waals surface area contributed by atoms with Gasteiger partial charge in [-0.2, -0.15) is 0 Å². The molecule has 3 aromatic rings. The molecule has 5 nitrogen and oxygen atoms in total. The minimum absolute atomic E-state index is 0.125. The number of benzene rings is 3. The number of hydrogen-bond donors (Lipinski definition) is 1. The van der Waals surface area contributed by atoms with Crippen molar-refractivity contribution in [3.05, 3.63) is 69.7 Å². The molecule has 1 heterocycles. The van der Waals surface area contributed by atoms with Gasteiger partial charge in [-0.15, -0.1) is 0 Å². The predicted octanol–water partition coefficient (Wildman–Crippen LogP) is 6.85. The van der Waals surface area contributed by atoms with Crippen LogP contribution in [0, 0.1) is 5.41 Å². The molecule has 0 unspecified atom stereocenters. The number of hydrogen-bond acceptors (Lipinski definition) is 5. The van der Waals surface area contributed by atoms with Gasteiger partial charge in [-0.3, -0.25) is 9.59 Å². The van der Waals surface area contributed by atoms with E-state index in [1.807, 2.05) is 18.2 Å². The number of nitrogens with one attached hydrogen (secondary N) is 1. The summed E-state index contributed by atoms with van der Waals surface area (Å²) in [5.41, 5.74) is 4.75. The zero-order chi connectivity index (χ0) is 24.2. The van der Waals surface area contributed by atoms with Crippen LogP contribution >= 0.6 is 15.9 Å². The van der Waals surface area contributed by atoms with Crippen molar-refractivity contribution in [1.29, 1.82) is 0 Å². The zero-order valence-electron chi connectivity index (χ0n) is 19.6. The third kappa shape index (κ3) is 3.80. The molecule has 1 aliphatic heterocycles. The molecule has 2 aliphatic rings. The molecule has 34 heavy (non-hydrogen) atoms. The highest BCUT2D eigenvalue weighted by Crippen LogP contribution is 2.53. The molecule has 0 amide bonds. The maximum Gasteiger partial charge on any atom is 0.308 e. The normalized spacial score (nSPS) is 18.7. The average Bonchev–Trinajstić information content (AvgIpc) is 2.77. The Kier molecular flexibility index (Phi) is 5.52. The third-order valence-electron chi connectivity index (χ3n) is 6.59. The first-order valence-corrected chi connectivity index (χ1v) is 12.1. The van der Waals surface area contributed by atoms with E-state index >= 15 is 0 Å². The number of fused-ring (bicyclic) bond motifs is 4. The van der Waals surface area contributed by atoms with Crippen LogP contribution in [0.15, 0.2) is 58.6 Å². The van der Waals surface area contributed by atoms with Gasteiger partial charge in [-0.1, -0.05) is 60.1 Å². The van der Waals surface area contributed by atoms with Crippen molar-refractivity contribution in [3.8, 4) is 11.5 Å². The molecule has 1 N–H and O–H groups in total. The molecule has 1 atom stereocenters. The quantitative estimate of drug-likeness (QED) is 0.303. The summed E-state index contributed by atoms with van der Waals surface area (Å²) in [5.74, 6) is 0.491. The van der Waals surface area contributed by atoms with Gasteiger partial charge in [0, 0.05) is 34.6 Å². The third-order valence-corrected chi connectivity index (χ3v) is 7.27. The van der Waals surface area contributed by atoms with Crippen LogP contribution in [0.5, 0.6) is 11.5 Å². The molecule has 5 rings (SSSR count). The summed E-state index contributed by atoms with van der Waals surface area (Å²) >= 11 is 3.65. The van der Waals surface area contributed by atoms with Gasteiger partial charge in [0.25, 0.3) is 0 Å². The van der Waals surface area contributed by atoms with E-state index in [1.165, 1.54) is 14.0 Å². The second-order valence-corrected chi connectivity index (χ2v) is 10.6. The standard InChI is InChI=1S/C28H26BrNO4/c1-15(31)34-24-12-20(29)18(11-23(24)33-4)27-26-19(13-28(2,3)14-22(26)32)25-17-8-6-5-7-16(17)9-10-21(25)30-27/h5-12,27,30H,13-14H2,1-4H3/t27-/m1/s1. The van der Waals surface area contributed by atoms with Crippen molar-refractivity contribution in [1.82, 2.24) is 0 Å². The molecule has 0 saturated heterocycles. The first-order chi connectivity index (χ1) is 16.2. The summed E-state index contributed by atoms with van der Waals surface area (Å²) in [5, 5.41) is 5.94. The Morgan fingerprint density at radius 1 is 1.09 bits per heavy atom. The molecule has 0 spiro atoms. The topological polar surface area (TPSA) is 64.6 Å². The first-order valence-electron chi connectivity index (χ1n) is 11.3. The zero-order valence-corrected chi connectivity index (χ0v) is 21.2. The SMILES string of the molecule is COc1cc([C@H]2Nc3ccc4ccccc4c3C3=C2C(=O)CC(C)(C)C3)c(Br)cc1OC(C)=O. The Labute approximate surface area is 207 Å². The number of carbonyl (C=O) groups excluding carboxylic acids is 2. The molecule has 3 aromatic carbocycles. The summed E-state index contributed by atoms with van der Waals surface area (Å²) in [6.07, 6.45) is 1.30. The fourth-order valence-electron chi connectivity index (χ4n) is 5.24. The van der Waals surface area contributed by atoms with Gasteiger partial charge in [-0.25, -0.2) is 0 Å². The Hall–Kier alpha value is -3.12. The maximum atomic E-state index is 13.6. The predicted molar refractivity (Wildman–Crippen MR) is 137 cm³/mol. The lowest BCUT2D eigenvalue weighted by atomic mass is 9.68. The lowest BCUT2D eigenvalue weighted by Gasteiger charge is -2.40. The van der Waals surface area contributed by atoms with E-state index in [9.17, 15) is 9.59 Å². The molecular formula is C28H26BrNO4. The van der Waals surface area contributed by atoms with Crippen molar-refractivity contribution < 1.29 is 19.1 Å². The fourth-order valence-corrected chi connectivity index (χ4v) is 5.79. The van der Waals surface area contributed by atoms with E-state index in [0.717, 1.165) is 49.6 Å². The Morgan fingerprint density at radius 3 is 2.59 bits per heavy atom. The van der Waals surface area contributed by atoms with E-state index in [2.05, 4.69) is 59.4 Å². The Bertz CT molecular complexity index is 1390. The monoisotopic (exact) mass is 519 g/mol. The molecular weight excluding hydrogens is 494 g/mol. The van der Waals surface area contributed by atoms with Crippen LogP contribution in [0.4, 0.5) is 5.69 Å². The minimum Gasteiger partial charge on any atom is -0.493 e. The summed E-state index contributed by atoms with van der Waals surface area (Å²) in [4.78, 5) is 25.2. The number of esters is 1. The van der Waals surface area contributed by atoms with Gasteiger partial charge in [0.15, 0.2) is 17.3 Å². The molecule has 0 fully saturated rings. The number of methoxy groups -OCH3 is 1. The second-order valence-electron chi connectivity index (χ2n) is 9.74. The van der Waals surface area contributed by atoms with Crippen LogP contribution in [0.25, 0.3) is 16.3 Å². The van der Waals surface area contributed by atoms with E-state index < -0.39 is 5.97 Å². The van der Waals surface area contributed by atoms with Crippen LogP contribution < -0.4 is 14.8 Å². The highest BCUT2D eigenvalue weighted by atomic mass is 79.9. The lowest BCUT2D eigenvalue weighted by molar-refractivity contribution is -0.132. The number of halogens is 1. The molecule has 0 radical (unpaired) electrons. The van der Waals surface area contributed by atoms with Crippen molar-refractivity contribution in [2.45, 2.75) is 39.7 Å². The van der Waals surface area contributed by atoms with Crippen LogP contribution in [-0.4, -0.2) is 18.9 Å². The van der Waals surface area contributed by atoms with E-state index in [1.54, 1.807) is 6.07 Å². The van der Waals surface area contributed by atoms with Gasteiger partial charge in [0.1, 0.15) is 0 Å². The van der Waals surface area contributed by atoms with Gasteiger partial charge < -0.3 is 14.8 Å². The molecule has 0 bridgehead atoms. The molecule has 1 aliphatic carbocycles. The number of anilines is 1. The second kappa shape index (κ2) is 8.27. The lowest BCUT2D eigenvalue weighted by Crippen LogP contribution is -2.33. The summed E-state index contributed by atoms with van der Waals surface area (Å²) in [6.45, 7) is 5.66. The average molecular weight is 520 g/mol. The Balaban J connectivity index is 1.75. The van der Waals surface area contributed by atoms with Crippen molar-refractivity contribution >= 4 is 49.7 Å². The molecule has 174 valence electrons. The Morgan fingerprint density at radius 2 is 1.85 bits per heavy atom. The van der Waals surface area contributed by atoms with Gasteiger partial charge in [-0.05, 0) is 51.9 Å². The van der Waals surface area contributed by atoms with Crippen LogP contribution in [-0.2, 0) is 9.59 Å². The number of carbonyl (C=O) groups is 2. The number of Topliss-reactive ketones (excluding diaryl/α,β-unsaturated/α-hetero) is 1. The number of allylic oxidation sites excluding steroid dienone is 1. The van der Waals surface area contributed by atoms with Crippen LogP contribution in [0.3, 0.4) is 0 Å². The highest BCUT2D eigenvalue weighted by Gasteiger charge is 2.41. The first kappa shape index (κ1) is 22.7.